The quantitative estimate of drug-likeness (QED) is 0.503. The summed E-state index contributed by atoms with van der Waals surface area (Å²) in [7, 11) is 0. The van der Waals surface area contributed by atoms with Gasteiger partial charge in [0.15, 0.2) is 0 Å². The molecule has 1 spiro atoms. The minimum atomic E-state index is -0.211. The Morgan fingerprint density at radius 1 is 1.04 bits per heavy atom. The second-order valence-electron chi connectivity index (χ2n) is 6.58. The molecule has 0 aromatic heterocycles. The fraction of sp³-hybridized carbons (Fsp3) is 0.158. The average Bonchev–Trinajstić information content (AvgIpc) is 3.42. The number of anilines is 3. The minimum Gasteiger partial charge on any atom is -0.455 e. The maximum Gasteiger partial charge on any atom is 0.435 e. The van der Waals surface area contributed by atoms with Crippen molar-refractivity contribution in [2.75, 3.05) is 29.5 Å². The van der Waals surface area contributed by atoms with Gasteiger partial charge < -0.3 is 16.2 Å². The largest absolute Gasteiger partial charge is 0.455 e. The first-order valence-corrected chi connectivity index (χ1v) is 8.28. The number of nitrogen functional groups attached to an aromatic ring is 2. The lowest BCUT2D eigenvalue weighted by Gasteiger charge is -2.27. The molecule has 0 saturated carbocycles. The molecule has 2 heterocycles. The van der Waals surface area contributed by atoms with E-state index in [9.17, 15) is 9.59 Å². The number of nitrogens with zero attached hydrogens (tertiary/aromatic N) is 2. The van der Waals surface area contributed by atoms with Crippen LogP contribution in [0, 0.1) is 0 Å². The molecule has 7 heteroatoms. The predicted octanol–water partition coefficient (Wildman–Crippen LogP) is 2.84. The summed E-state index contributed by atoms with van der Waals surface area (Å²) in [5, 5.41) is 0. The van der Waals surface area contributed by atoms with Gasteiger partial charge in [-0.3, -0.25) is 0 Å². The number of ether oxygens (including phenoxy) is 1. The fourth-order valence-electron chi connectivity index (χ4n) is 3.08. The monoisotopic (exact) mass is 351 g/mol. The second-order valence-corrected chi connectivity index (χ2v) is 6.58. The molecule has 2 aliphatic heterocycles. The van der Waals surface area contributed by atoms with E-state index in [1.165, 1.54) is 4.90 Å². The van der Waals surface area contributed by atoms with Crippen LogP contribution in [0.2, 0.25) is 0 Å². The Labute approximate surface area is 150 Å². The Morgan fingerprint density at radius 3 is 2.35 bits per heavy atom. The number of nitrogens with two attached hydrogens (primary N) is 2. The van der Waals surface area contributed by atoms with Crippen molar-refractivity contribution < 1.29 is 18.8 Å². The predicted molar refractivity (Wildman–Crippen MR) is 98.4 cm³/mol. The van der Waals surface area contributed by atoms with E-state index >= 15 is 0 Å². The third-order valence-corrected chi connectivity index (χ3v) is 4.67. The number of hydrogen-bond acceptors (Lipinski definition) is 5. The summed E-state index contributed by atoms with van der Waals surface area (Å²) in [4.78, 5) is 26.4. The lowest BCUT2D eigenvalue weighted by molar-refractivity contribution is -0.625. The van der Waals surface area contributed by atoms with Crippen LogP contribution in [0.1, 0.15) is 6.92 Å². The van der Waals surface area contributed by atoms with Crippen LogP contribution < -0.4 is 21.1 Å². The second kappa shape index (κ2) is 5.60. The summed E-state index contributed by atoms with van der Waals surface area (Å²) in [5.74, 6) is 0.989. The summed E-state index contributed by atoms with van der Waals surface area (Å²) in [6, 6.07) is 11.9. The molecule has 0 radical (unpaired) electrons. The summed E-state index contributed by atoms with van der Waals surface area (Å²) in [6.45, 7) is 2.87. The molecule has 2 aromatic rings. The van der Waals surface area contributed by atoms with Gasteiger partial charge in [0.25, 0.3) is 0 Å². The summed E-state index contributed by atoms with van der Waals surface area (Å²) in [6.07, 6.45) is 1.60. The molecule has 4 N–H and O–H groups in total. The molecule has 2 aliphatic rings. The zero-order chi connectivity index (χ0) is 18.5. The number of hydrogen-bond donors (Lipinski definition) is 2. The van der Waals surface area contributed by atoms with Gasteiger partial charge in [0.2, 0.25) is 0 Å². The van der Waals surface area contributed by atoms with Crippen molar-refractivity contribution in [3.8, 4) is 11.5 Å². The maximum atomic E-state index is 12.7. The van der Waals surface area contributed by atoms with E-state index in [0.29, 0.717) is 47.2 Å². The minimum absolute atomic E-state index is 0.106. The van der Waals surface area contributed by atoms with E-state index in [4.69, 9.17) is 16.2 Å². The van der Waals surface area contributed by atoms with Gasteiger partial charge in [-0.2, -0.15) is 4.48 Å². The topological polar surface area (TPSA) is 98.7 Å². The molecule has 0 unspecified atom stereocenters. The first-order chi connectivity index (χ1) is 12.4. The number of rotatable bonds is 3. The smallest absolute Gasteiger partial charge is 0.435 e. The van der Waals surface area contributed by atoms with E-state index < -0.39 is 0 Å². The Hall–Kier alpha value is -3.32. The number of imide groups is 1. The number of carbonyl (C=O) groups excluding carboxylic acids is 2. The van der Waals surface area contributed by atoms with E-state index in [1.54, 1.807) is 55.6 Å². The van der Waals surface area contributed by atoms with Crippen LogP contribution in [-0.4, -0.2) is 29.5 Å². The molecule has 7 nitrogen and oxygen atoms in total. The highest BCUT2D eigenvalue weighted by molar-refractivity contribution is 6.06. The highest BCUT2D eigenvalue weighted by atomic mass is 16.5. The van der Waals surface area contributed by atoms with Crippen molar-refractivity contribution in [1.29, 1.82) is 0 Å². The van der Waals surface area contributed by atoms with Gasteiger partial charge in [0.05, 0.1) is 16.9 Å². The summed E-state index contributed by atoms with van der Waals surface area (Å²) in [5.41, 5.74) is 13.9. The average molecular weight is 351 g/mol. The van der Waals surface area contributed by atoms with Crippen molar-refractivity contribution >= 4 is 29.0 Å². The van der Waals surface area contributed by atoms with Gasteiger partial charge in [0.1, 0.15) is 24.6 Å². The first kappa shape index (κ1) is 16.2. The van der Waals surface area contributed by atoms with Gasteiger partial charge in [-0.25, -0.2) is 14.5 Å². The van der Waals surface area contributed by atoms with Crippen LogP contribution >= 0.6 is 0 Å². The molecule has 132 valence electrons. The lowest BCUT2D eigenvalue weighted by atomic mass is 10.2. The zero-order valence-electron chi connectivity index (χ0n) is 14.3. The molecule has 4 rings (SSSR count). The molecule has 1 fully saturated rings. The van der Waals surface area contributed by atoms with E-state index in [-0.39, 0.29) is 16.4 Å². The van der Waals surface area contributed by atoms with Crippen LogP contribution in [0.3, 0.4) is 0 Å². The van der Waals surface area contributed by atoms with Crippen LogP contribution in [0.15, 0.2) is 54.2 Å². The maximum absolute atomic E-state index is 12.7. The van der Waals surface area contributed by atoms with E-state index in [1.807, 2.05) is 0 Å². The number of benzene rings is 2. The van der Waals surface area contributed by atoms with Gasteiger partial charge in [-0.05, 0) is 49.4 Å². The third-order valence-electron chi connectivity index (χ3n) is 4.67. The lowest BCUT2D eigenvalue weighted by Crippen LogP contribution is -2.51. The van der Waals surface area contributed by atoms with Crippen molar-refractivity contribution in [1.82, 2.24) is 0 Å². The molecule has 3 amide bonds. The number of amides is 3. The highest BCUT2D eigenvalue weighted by Gasteiger charge is 2.61. The summed E-state index contributed by atoms with van der Waals surface area (Å²) < 4.78 is 5.66. The van der Waals surface area contributed by atoms with Crippen LogP contribution in [0.5, 0.6) is 11.5 Å². The third kappa shape index (κ3) is 2.49. The van der Waals surface area contributed by atoms with Crippen LogP contribution in [0.25, 0.3) is 0 Å². The van der Waals surface area contributed by atoms with Gasteiger partial charge in [0, 0.05) is 11.9 Å². The van der Waals surface area contributed by atoms with Crippen LogP contribution in [-0.2, 0) is 4.79 Å². The Balaban J connectivity index is 1.58. The van der Waals surface area contributed by atoms with E-state index in [0.717, 1.165) is 0 Å². The van der Waals surface area contributed by atoms with Crippen molar-refractivity contribution in [3.63, 3.8) is 0 Å². The van der Waals surface area contributed by atoms with E-state index in [2.05, 4.69) is 0 Å². The SMILES string of the molecule is CC1=CN(c2ccc(Oc3ccc(N)cc3N)cc2)C(=O)[N+]2(CC2)C1=O. The van der Waals surface area contributed by atoms with Gasteiger partial charge in [-0.1, -0.05) is 0 Å². The number of quaternary nitrogens is 1. The molecular formula is C19H19N4O3+. The Morgan fingerprint density at radius 2 is 1.73 bits per heavy atom. The molecular weight excluding hydrogens is 332 g/mol. The number of urea groups is 1. The Bertz CT molecular complexity index is 946. The van der Waals surface area contributed by atoms with Crippen molar-refractivity contribution in [2.45, 2.75) is 6.92 Å². The molecule has 0 aliphatic carbocycles. The Kier molecular flexibility index (Phi) is 3.48. The number of carbonyl (C=O) groups is 2. The standard InChI is InChI=1S/C19H19N4O3/c1-12-11-22(19(25)23(8-9-23)18(12)24)14-3-5-15(6-4-14)26-17-7-2-13(20)10-16(17)21/h2-7,10-11H,8-9,20-21H2,1H3/q+1. The fourth-order valence-corrected chi connectivity index (χ4v) is 3.08. The van der Waals surface area contributed by atoms with Gasteiger partial charge in [-0.15, -0.1) is 0 Å². The molecule has 2 aromatic carbocycles. The molecule has 26 heavy (non-hydrogen) atoms. The van der Waals surface area contributed by atoms with Crippen molar-refractivity contribution in [2.24, 2.45) is 0 Å². The normalized spacial score (nSPS) is 18.0. The zero-order valence-corrected chi connectivity index (χ0v) is 14.3. The molecule has 1 saturated heterocycles. The summed E-state index contributed by atoms with van der Waals surface area (Å²) >= 11 is 0. The first-order valence-electron chi connectivity index (χ1n) is 8.28. The highest BCUT2D eigenvalue weighted by Crippen LogP contribution is 2.35. The molecule has 0 atom stereocenters. The van der Waals surface area contributed by atoms with Gasteiger partial charge >= 0.3 is 11.9 Å². The molecule has 0 bridgehead atoms. The van der Waals surface area contributed by atoms with Crippen LogP contribution in [0.4, 0.5) is 21.9 Å². The van der Waals surface area contributed by atoms with Crippen molar-refractivity contribution in [3.05, 3.63) is 54.2 Å².